The lowest BCUT2D eigenvalue weighted by Crippen LogP contribution is -2.65. The molecule has 0 bridgehead atoms. The van der Waals surface area contributed by atoms with Crippen molar-refractivity contribution in [1.82, 2.24) is 15.1 Å². The third kappa shape index (κ3) is 5.93. The molecule has 2 heterocycles. The third-order valence-corrected chi connectivity index (χ3v) is 7.60. The van der Waals surface area contributed by atoms with E-state index in [-0.39, 0.29) is 25.3 Å². The van der Waals surface area contributed by atoms with Gasteiger partial charge in [-0.2, -0.15) is 0 Å². The van der Waals surface area contributed by atoms with E-state index in [9.17, 15) is 33.8 Å². The second-order valence-corrected chi connectivity index (χ2v) is 10.2. The van der Waals surface area contributed by atoms with E-state index in [1.807, 2.05) is 0 Å². The van der Waals surface area contributed by atoms with Gasteiger partial charge in [0.05, 0.1) is 18.1 Å². The van der Waals surface area contributed by atoms with Crippen molar-refractivity contribution >= 4 is 23.6 Å². The Morgan fingerprint density at radius 3 is 2.30 bits per heavy atom. The van der Waals surface area contributed by atoms with Crippen LogP contribution in [-0.4, -0.2) is 86.6 Å². The summed E-state index contributed by atoms with van der Waals surface area (Å²) in [6.45, 7) is 5.06. The molecule has 0 aromatic heterocycles. The number of halogens is 1. The van der Waals surface area contributed by atoms with E-state index < -0.39 is 59.3 Å². The second kappa shape index (κ2) is 11.6. The van der Waals surface area contributed by atoms with Gasteiger partial charge in [-0.05, 0) is 57.2 Å². The summed E-state index contributed by atoms with van der Waals surface area (Å²) in [5, 5.41) is 22.5. The van der Waals surface area contributed by atoms with Gasteiger partial charge in [0.25, 0.3) is 0 Å². The quantitative estimate of drug-likeness (QED) is 0.362. The number of nitrogens with two attached hydrogens (primary N) is 1. The van der Waals surface area contributed by atoms with Gasteiger partial charge in [-0.3, -0.25) is 19.2 Å². The smallest absolute Gasteiger partial charge is 0.247 e. The molecule has 5 N–H and O–H groups in total. The molecule has 0 radical (unpaired) electrons. The van der Waals surface area contributed by atoms with Gasteiger partial charge in [-0.25, -0.2) is 4.39 Å². The van der Waals surface area contributed by atoms with Gasteiger partial charge >= 0.3 is 0 Å². The average molecular weight is 521 g/mol. The van der Waals surface area contributed by atoms with E-state index in [0.29, 0.717) is 31.4 Å². The van der Waals surface area contributed by atoms with E-state index in [2.05, 4.69) is 5.32 Å². The van der Waals surface area contributed by atoms with Crippen molar-refractivity contribution in [2.45, 2.75) is 82.7 Å². The van der Waals surface area contributed by atoms with Gasteiger partial charge in [-0.15, -0.1) is 0 Å². The first-order chi connectivity index (χ1) is 17.4. The number of nitrogens with one attached hydrogen (secondary N) is 1. The minimum atomic E-state index is -1.44. The van der Waals surface area contributed by atoms with Crippen molar-refractivity contribution in [3.05, 3.63) is 35.6 Å². The SMILES string of the molecule is C[C@H](C(=O)N1CCC[C@H]1C(=O)N1CCC[C@]1(Cc1ccc(F)cc1)C(=O)N[C@H](C(N)=O)[C@@H](C)O)[C@@H](C)O. The number of primary amides is 1. The molecule has 2 saturated heterocycles. The van der Waals surface area contributed by atoms with Crippen LogP contribution in [0, 0.1) is 11.7 Å². The largest absolute Gasteiger partial charge is 0.393 e. The molecule has 3 rings (SSSR count). The number of aliphatic hydroxyl groups is 2. The third-order valence-electron chi connectivity index (χ3n) is 7.60. The fraction of sp³-hybridized carbons (Fsp3) is 0.615. The Labute approximate surface area is 216 Å². The summed E-state index contributed by atoms with van der Waals surface area (Å²) in [4.78, 5) is 55.6. The first kappa shape index (κ1) is 28.5. The van der Waals surface area contributed by atoms with Crippen LogP contribution in [0.1, 0.15) is 52.0 Å². The van der Waals surface area contributed by atoms with Gasteiger partial charge in [0.1, 0.15) is 23.4 Å². The maximum Gasteiger partial charge on any atom is 0.247 e. The Hall–Kier alpha value is -3.05. The fourth-order valence-electron chi connectivity index (χ4n) is 5.28. The number of rotatable bonds is 9. The molecule has 37 heavy (non-hydrogen) atoms. The summed E-state index contributed by atoms with van der Waals surface area (Å²) in [7, 11) is 0. The van der Waals surface area contributed by atoms with Crippen LogP contribution in [0.15, 0.2) is 24.3 Å². The molecule has 6 atom stereocenters. The predicted octanol–water partition coefficient (Wildman–Crippen LogP) is 0.0882. The number of likely N-dealkylation sites (tertiary alicyclic amines) is 2. The van der Waals surface area contributed by atoms with Gasteiger partial charge in [0, 0.05) is 19.5 Å². The first-order valence-electron chi connectivity index (χ1n) is 12.7. The van der Waals surface area contributed by atoms with E-state index in [1.165, 1.54) is 47.9 Å². The summed E-state index contributed by atoms with van der Waals surface area (Å²) >= 11 is 0. The number of nitrogens with zero attached hydrogens (tertiary/aromatic N) is 2. The Balaban J connectivity index is 1.97. The molecule has 2 aliphatic rings. The molecule has 0 aliphatic carbocycles. The van der Waals surface area contributed by atoms with Gasteiger partial charge in [-0.1, -0.05) is 19.1 Å². The average Bonchev–Trinajstić information content (AvgIpc) is 3.50. The van der Waals surface area contributed by atoms with E-state index in [0.717, 1.165) is 0 Å². The highest BCUT2D eigenvalue weighted by Crippen LogP contribution is 2.36. The minimum Gasteiger partial charge on any atom is -0.393 e. The van der Waals surface area contributed by atoms with Crippen molar-refractivity contribution in [3.8, 4) is 0 Å². The lowest BCUT2D eigenvalue weighted by Gasteiger charge is -2.41. The van der Waals surface area contributed by atoms with Crippen molar-refractivity contribution in [2.75, 3.05) is 13.1 Å². The molecular weight excluding hydrogens is 483 g/mol. The van der Waals surface area contributed by atoms with E-state index >= 15 is 0 Å². The Bertz CT molecular complexity index is 1020. The number of benzene rings is 1. The summed E-state index contributed by atoms with van der Waals surface area (Å²) in [5.41, 5.74) is 4.56. The summed E-state index contributed by atoms with van der Waals surface area (Å²) in [5.74, 6) is -3.44. The zero-order valence-electron chi connectivity index (χ0n) is 21.5. The molecule has 11 heteroatoms. The highest BCUT2D eigenvalue weighted by molar-refractivity contribution is 5.97. The van der Waals surface area contributed by atoms with Crippen molar-refractivity contribution in [3.63, 3.8) is 0 Å². The lowest BCUT2D eigenvalue weighted by molar-refractivity contribution is -0.153. The Morgan fingerprint density at radius 1 is 1.08 bits per heavy atom. The molecule has 1 aromatic carbocycles. The zero-order chi connectivity index (χ0) is 27.5. The molecule has 4 amide bonds. The molecule has 0 spiro atoms. The predicted molar refractivity (Wildman–Crippen MR) is 132 cm³/mol. The van der Waals surface area contributed by atoms with Crippen LogP contribution in [0.3, 0.4) is 0 Å². The van der Waals surface area contributed by atoms with E-state index in [4.69, 9.17) is 5.73 Å². The molecule has 0 unspecified atom stereocenters. The second-order valence-electron chi connectivity index (χ2n) is 10.2. The van der Waals surface area contributed by atoms with Crippen LogP contribution in [0.5, 0.6) is 0 Å². The van der Waals surface area contributed by atoms with Gasteiger partial charge in [0.2, 0.25) is 23.6 Å². The summed E-state index contributed by atoms with van der Waals surface area (Å²) in [6, 6.07) is 3.42. The number of carbonyl (C=O) groups is 4. The van der Waals surface area contributed by atoms with Crippen molar-refractivity contribution < 1.29 is 33.8 Å². The van der Waals surface area contributed by atoms with Crippen LogP contribution < -0.4 is 11.1 Å². The Morgan fingerprint density at radius 2 is 1.73 bits per heavy atom. The van der Waals surface area contributed by atoms with Crippen LogP contribution in [0.25, 0.3) is 0 Å². The van der Waals surface area contributed by atoms with E-state index in [1.54, 1.807) is 6.92 Å². The fourth-order valence-corrected chi connectivity index (χ4v) is 5.28. The molecule has 10 nitrogen and oxygen atoms in total. The molecule has 204 valence electrons. The van der Waals surface area contributed by atoms with Crippen LogP contribution >= 0.6 is 0 Å². The van der Waals surface area contributed by atoms with Gasteiger partial charge < -0.3 is 31.1 Å². The van der Waals surface area contributed by atoms with Crippen LogP contribution in [0.4, 0.5) is 4.39 Å². The monoisotopic (exact) mass is 520 g/mol. The lowest BCUT2D eigenvalue weighted by atomic mass is 9.86. The highest BCUT2D eigenvalue weighted by Gasteiger charge is 2.53. The number of hydrogen-bond donors (Lipinski definition) is 4. The van der Waals surface area contributed by atoms with Crippen molar-refractivity contribution in [2.24, 2.45) is 11.7 Å². The molecule has 2 fully saturated rings. The topological polar surface area (TPSA) is 153 Å². The first-order valence-corrected chi connectivity index (χ1v) is 12.7. The summed E-state index contributed by atoms with van der Waals surface area (Å²) in [6.07, 6.45) is -0.338. The molecular formula is C26H37FN4O6. The summed E-state index contributed by atoms with van der Waals surface area (Å²) < 4.78 is 13.6. The van der Waals surface area contributed by atoms with Gasteiger partial charge in [0.15, 0.2) is 0 Å². The number of amides is 4. The van der Waals surface area contributed by atoms with Crippen LogP contribution in [0.2, 0.25) is 0 Å². The van der Waals surface area contributed by atoms with Crippen LogP contribution in [-0.2, 0) is 25.6 Å². The molecule has 0 saturated carbocycles. The zero-order valence-corrected chi connectivity index (χ0v) is 21.5. The number of carbonyl (C=O) groups excluding carboxylic acids is 4. The maximum absolute atomic E-state index is 14.0. The number of aliphatic hydroxyl groups excluding tert-OH is 2. The van der Waals surface area contributed by atoms with Crippen molar-refractivity contribution in [1.29, 1.82) is 0 Å². The maximum atomic E-state index is 14.0. The molecule has 2 aliphatic heterocycles. The normalized spacial score (nSPS) is 24.9. The standard InChI is InChI=1S/C26H37FN4O6/c1-15(16(2)32)23(35)30-12-4-6-20(30)24(36)31-13-5-11-26(31,14-18-7-9-19(27)10-8-18)25(37)29-21(17(3)33)22(28)34/h7-10,15-17,20-21,32-33H,4-6,11-14H2,1-3H3,(H2,28,34)(H,29,37)/t15-,16+,17+,20-,21-,26-/m0/s1. The Kier molecular flexibility index (Phi) is 8.91. The number of hydrogen-bond acceptors (Lipinski definition) is 6. The minimum absolute atomic E-state index is 0.0425. The highest BCUT2D eigenvalue weighted by atomic mass is 19.1. The molecule has 1 aromatic rings.